The first-order valence-corrected chi connectivity index (χ1v) is 17.0. The topological polar surface area (TPSA) is 101 Å². The number of hydrogen-bond donors (Lipinski definition) is 0. The number of imide groups is 1. The van der Waals surface area contributed by atoms with Crippen molar-refractivity contribution in [2.45, 2.75) is 163 Å². The molecule has 5 aliphatic rings. The Balaban J connectivity index is 1.34. The highest BCUT2D eigenvalue weighted by Gasteiger charge is 2.66. The minimum atomic E-state index is -0.749. The lowest BCUT2D eigenvalue weighted by Crippen LogP contribution is -2.64. The molecule has 0 N–H and O–H groups in total. The van der Waals surface area contributed by atoms with Crippen LogP contribution in [0.3, 0.4) is 0 Å². The van der Waals surface area contributed by atoms with E-state index in [1.165, 1.54) is 6.42 Å². The maximum Gasteiger partial charge on any atom is 0.498 e. The molecule has 1 aromatic rings. The molecule has 10 nitrogen and oxygen atoms in total. The normalized spacial score (nSPS) is 32.9. The van der Waals surface area contributed by atoms with E-state index in [1.54, 1.807) is 41.5 Å². The molecule has 258 valence electrons. The standard InChI is InChI=1S/C35H58BN3O7/c1-24-25(36-45-30(8,9)31(10,11)46-36)16-37-39(24)23-34-18-32(12)17-33(13,19-34)21-35(20-32,22-34)42-15-14-38(26(40)43-28(2,3)4)27(41)44-29(5,6)7/h16H,14-15,17-23H2,1-13H3. The van der Waals surface area contributed by atoms with Crippen molar-refractivity contribution < 1.29 is 33.1 Å². The van der Waals surface area contributed by atoms with Crippen LogP contribution in [0, 0.1) is 23.2 Å². The summed E-state index contributed by atoms with van der Waals surface area (Å²) < 4.78 is 32.9. The minimum absolute atomic E-state index is 0.0122. The molecule has 4 bridgehead atoms. The summed E-state index contributed by atoms with van der Waals surface area (Å²) in [5.41, 5.74) is -0.338. The number of carbonyl (C=O) groups is 2. The summed E-state index contributed by atoms with van der Waals surface area (Å²) in [6.45, 7) is 27.0. The van der Waals surface area contributed by atoms with Crippen molar-refractivity contribution in [3.8, 4) is 0 Å². The molecule has 5 fully saturated rings. The number of ether oxygens (including phenoxy) is 3. The van der Waals surface area contributed by atoms with Gasteiger partial charge in [-0.15, -0.1) is 0 Å². The SMILES string of the molecule is Cc1c(B2OC(C)(C)C(C)(C)O2)cnn1CC12CC3(C)CC(C)(C1)CC(OCCN(C(=O)OC(C)(C)C)C(=O)OC(C)(C)C)(C3)C2. The lowest BCUT2D eigenvalue weighted by Gasteiger charge is -2.69. The Labute approximate surface area is 276 Å². The summed E-state index contributed by atoms with van der Waals surface area (Å²) in [7, 11) is -0.447. The Hall–Kier alpha value is -2.11. The average Bonchev–Trinajstić information content (AvgIpc) is 3.25. The van der Waals surface area contributed by atoms with Gasteiger partial charge in [0, 0.05) is 23.9 Å². The first kappa shape index (κ1) is 35.2. The molecule has 2 unspecified atom stereocenters. The molecule has 1 saturated heterocycles. The Morgan fingerprint density at radius 1 is 0.848 bits per heavy atom. The van der Waals surface area contributed by atoms with Crippen molar-refractivity contribution in [3.05, 3.63) is 11.9 Å². The fourth-order valence-electron chi connectivity index (χ4n) is 9.53. The van der Waals surface area contributed by atoms with Crippen LogP contribution in [0.5, 0.6) is 0 Å². The van der Waals surface area contributed by atoms with Gasteiger partial charge in [0.15, 0.2) is 0 Å². The quantitative estimate of drug-likeness (QED) is 0.299. The van der Waals surface area contributed by atoms with Gasteiger partial charge in [-0.25, -0.2) is 14.5 Å². The van der Waals surface area contributed by atoms with Crippen molar-refractivity contribution in [3.63, 3.8) is 0 Å². The van der Waals surface area contributed by atoms with E-state index in [0.717, 1.165) is 54.7 Å². The molecule has 0 aromatic carbocycles. The van der Waals surface area contributed by atoms with E-state index in [2.05, 4.69) is 53.1 Å². The third-order valence-electron chi connectivity index (χ3n) is 10.7. The molecule has 1 aliphatic heterocycles. The number of rotatable bonds is 7. The number of hydrogen-bond acceptors (Lipinski definition) is 8. The highest BCUT2D eigenvalue weighted by Crippen LogP contribution is 2.72. The molecular weight excluding hydrogens is 585 g/mol. The molecule has 2 atom stereocenters. The van der Waals surface area contributed by atoms with E-state index < -0.39 is 41.7 Å². The van der Waals surface area contributed by atoms with Gasteiger partial charge in [0.05, 0.1) is 30.0 Å². The second-order valence-corrected chi connectivity index (χ2v) is 18.8. The van der Waals surface area contributed by atoms with Gasteiger partial charge in [-0.05, 0) is 131 Å². The van der Waals surface area contributed by atoms with Crippen LogP contribution in [-0.2, 0) is 30.1 Å². The number of amides is 2. The van der Waals surface area contributed by atoms with Crippen molar-refractivity contribution in [1.29, 1.82) is 0 Å². The van der Waals surface area contributed by atoms with E-state index in [0.29, 0.717) is 0 Å². The second-order valence-electron chi connectivity index (χ2n) is 18.8. The molecule has 11 heteroatoms. The first-order valence-electron chi connectivity index (χ1n) is 17.0. The van der Waals surface area contributed by atoms with Gasteiger partial charge in [0.2, 0.25) is 0 Å². The zero-order valence-electron chi connectivity index (χ0n) is 30.7. The van der Waals surface area contributed by atoms with E-state index in [9.17, 15) is 9.59 Å². The van der Waals surface area contributed by atoms with Crippen LogP contribution < -0.4 is 5.46 Å². The molecule has 2 heterocycles. The number of aromatic nitrogens is 2. The summed E-state index contributed by atoms with van der Waals surface area (Å²) in [6.07, 6.45) is 6.72. The van der Waals surface area contributed by atoms with Gasteiger partial charge >= 0.3 is 19.3 Å². The van der Waals surface area contributed by atoms with Gasteiger partial charge < -0.3 is 23.5 Å². The Kier molecular flexibility index (Phi) is 8.39. The zero-order chi connectivity index (χ0) is 34.4. The van der Waals surface area contributed by atoms with Gasteiger partial charge in [-0.2, -0.15) is 5.10 Å². The maximum absolute atomic E-state index is 13.1. The number of nitrogens with zero attached hydrogens (tertiary/aromatic N) is 3. The van der Waals surface area contributed by atoms with Gasteiger partial charge in [-0.1, -0.05) is 13.8 Å². The van der Waals surface area contributed by atoms with Crippen LogP contribution in [0.1, 0.15) is 127 Å². The summed E-state index contributed by atoms with van der Waals surface area (Å²) in [5.74, 6) is 0. The fourth-order valence-corrected chi connectivity index (χ4v) is 9.53. The fraction of sp³-hybridized carbons (Fsp3) is 0.857. The van der Waals surface area contributed by atoms with Gasteiger partial charge in [0.1, 0.15) is 11.2 Å². The molecular formula is C35H58BN3O7. The third kappa shape index (κ3) is 7.02. The van der Waals surface area contributed by atoms with Crippen molar-refractivity contribution in [2.75, 3.05) is 13.2 Å². The molecule has 1 aromatic heterocycles. The van der Waals surface area contributed by atoms with Crippen LogP contribution in [0.15, 0.2) is 6.20 Å². The Bertz CT molecular complexity index is 1290. The third-order valence-corrected chi connectivity index (χ3v) is 10.7. The van der Waals surface area contributed by atoms with Crippen LogP contribution in [0.2, 0.25) is 0 Å². The highest BCUT2D eigenvalue weighted by atomic mass is 16.7. The summed E-state index contributed by atoms with van der Waals surface area (Å²) >= 11 is 0. The monoisotopic (exact) mass is 643 g/mol. The smallest absolute Gasteiger partial charge is 0.443 e. The van der Waals surface area contributed by atoms with E-state index >= 15 is 0 Å². The van der Waals surface area contributed by atoms with Crippen LogP contribution in [0.4, 0.5) is 9.59 Å². The molecule has 4 saturated carbocycles. The van der Waals surface area contributed by atoms with Crippen molar-refractivity contribution in [1.82, 2.24) is 14.7 Å². The highest BCUT2D eigenvalue weighted by molar-refractivity contribution is 6.62. The lowest BCUT2D eigenvalue weighted by atomic mass is 9.39. The lowest BCUT2D eigenvalue weighted by molar-refractivity contribution is -0.248. The van der Waals surface area contributed by atoms with Crippen LogP contribution >= 0.6 is 0 Å². The summed E-state index contributed by atoms with van der Waals surface area (Å²) in [6, 6.07) is 0. The Morgan fingerprint density at radius 2 is 1.35 bits per heavy atom. The van der Waals surface area contributed by atoms with E-state index in [1.807, 2.05) is 6.20 Å². The van der Waals surface area contributed by atoms with Crippen molar-refractivity contribution in [2.24, 2.45) is 16.2 Å². The molecule has 6 rings (SSSR count). The molecule has 2 amide bonds. The molecule has 4 aliphatic carbocycles. The molecule has 0 radical (unpaired) electrons. The largest absolute Gasteiger partial charge is 0.498 e. The van der Waals surface area contributed by atoms with E-state index in [-0.39, 0.29) is 35.0 Å². The summed E-state index contributed by atoms with van der Waals surface area (Å²) in [4.78, 5) is 27.3. The average molecular weight is 644 g/mol. The predicted octanol–water partition coefficient (Wildman–Crippen LogP) is 6.80. The van der Waals surface area contributed by atoms with E-state index in [4.69, 9.17) is 28.6 Å². The summed E-state index contributed by atoms with van der Waals surface area (Å²) in [5, 5.41) is 4.89. The second kappa shape index (κ2) is 11.0. The Morgan fingerprint density at radius 3 is 1.83 bits per heavy atom. The maximum atomic E-state index is 13.1. The minimum Gasteiger partial charge on any atom is -0.443 e. The number of carbonyl (C=O) groups excluding carboxylic acids is 2. The van der Waals surface area contributed by atoms with Crippen molar-refractivity contribution >= 4 is 24.8 Å². The predicted molar refractivity (Wildman–Crippen MR) is 177 cm³/mol. The van der Waals surface area contributed by atoms with Gasteiger partial charge in [0.25, 0.3) is 0 Å². The molecule has 0 spiro atoms. The first-order chi connectivity index (χ1) is 20.8. The van der Waals surface area contributed by atoms with Gasteiger partial charge in [-0.3, -0.25) is 4.68 Å². The van der Waals surface area contributed by atoms with Crippen LogP contribution in [-0.4, -0.2) is 75.1 Å². The zero-order valence-corrected chi connectivity index (χ0v) is 30.7. The molecule has 46 heavy (non-hydrogen) atoms. The van der Waals surface area contributed by atoms with Crippen LogP contribution in [0.25, 0.3) is 0 Å².